The summed E-state index contributed by atoms with van der Waals surface area (Å²) in [6.45, 7) is 1.45. The number of pyridine rings is 1. The molecule has 3 aromatic rings. The highest BCUT2D eigenvalue weighted by Gasteiger charge is 2.15. The van der Waals surface area contributed by atoms with Crippen molar-refractivity contribution < 1.29 is 23.8 Å². The Labute approximate surface area is 153 Å². The summed E-state index contributed by atoms with van der Waals surface area (Å²) < 4.78 is 10.1. The number of esters is 1. The van der Waals surface area contributed by atoms with Gasteiger partial charge in [0.25, 0.3) is 5.91 Å². The maximum absolute atomic E-state index is 12.6. The molecule has 2 aromatic heterocycles. The average Bonchev–Trinajstić information content (AvgIpc) is 2.68. The Morgan fingerprint density at radius 2 is 2.00 bits per heavy atom. The summed E-state index contributed by atoms with van der Waals surface area (Å²) in [5, 5.41) is 20.7. The Bertz CT molecular complexity index is 1090. The minimum Gasteiger partial charge on any atom is -0.465 e. The zero-order chi connectivity index (χ0) is 19.6. The van der Waals surface area contributed by atoms with Crippen molar-refractivity contribution in [3.63, 3.8) is 0 Å². The van der Waals surface area contributed by atoms with E-state index in [4.69, 9.17) is 9.83 Å². The largest absolute Gasteiger partial charge is 0.465 e. The van der Waals surface area contributed by atoms with E-state index in [1.165, 1.54) is 31.5 Å². The van der Waals surface area contributed by atoms with Crippen LogP contribution in [0.2, 0.25) is 0 Å². The number of benzene rings is 1. The molecule has 0 aliphatic rings. The van der Waals surface area contributed by atoms with Gasteiger partial charge in [0.05, 0.1) is 25.0 Å². The molecular formula is C19H17N3O5. The summed E-state index contributed by atoms with van der Waals surface area (Å²) in [5.41, 5.74) is 1.90. The fourth-order valence-corrected chi connectivity index (χ4v) is 2.60. The maximum atomic E-state index is 12.6. The quantitative estimate of drug-likeness (QED) is 0.607. The zero-order valence-electron chi connectivity index (χ0n) is 14.7. The molecule has 1 amide bonds. The minimum atomic E-state index is -0.546. The van der Waals surface area contributed by atoms with Gasteiger partial charge in [0, 0.05) is 22.8 Å². The van der Waals surface area contributed by atoms with Gasteiger partial charge in [0.2, 0.25) is 5.55 Å². The molecule has 0 fully saturated rings. The van der Waals surface area contributed by atoms with Gasteiger partial charge < -0.3 is 19.6 Å². The van der Waals surface area contributed by atoms with E-state index < -0.39 is 11.9 Å². The van der Waals surface area contributed by atoms with E-state index in [-0.39, 0.29) is 17.7 Å². The van der Waals surface area contributed by atoms with Crippen LogP contribution in [0.3, 0.4) is 0 Å². The molecule has 8 nitrogen and oxygen atoms in total. The van der Waals surface area contributed by atoms with Crippen molar-refractivity contribution in [1.29, 1.82) is 5.41 Å². The number of aliphatic hydroxyl groups excluding tert-OH is 1. The van der Waals surface area contributed by atoms with Crippen molar-refractivity contribution in [1.82, 2.24) is 4.98 Å². The predicted molar refractivity (Wildman–Crippen MR) is 96.3 cm³/mol. The number of ether oxygens (including phenoxy) is 1. The van der Waals surface area contributed by atoms with E-state index in [0.29, 0.717) is 33.5 Å². The van der Waals surface area contributed by atoms with Crippen LogP contribution in [0.4, 0.5) is 5.69 Å². The van der Waals surface area contributed by atoms with Crippen LogP contribution in [0.5, 0.6) is 0 Å². The fraction of sp³-hybridized carbons (Fsp3) is 0.158. The number of anilines is 1. The summed E-state index contributed by atoms with van der Waals surface area (Å²) in [6, 6.07) is 7.65. The van der Waals surface area contributed by atoms with Gasteiger partial charge in [0.1, 0.15) is 5.56 Å². The maximum Gasteiger partial charge on any atom is 0.337 e. The summed E-state index contributed by atoms with van der Waals surface area (Å²) in [5.74, 6) is -1.02. The molecule has 0 atom stereocenters. The number of amides is 1. The third-order valence-corrected chi connectivity index (χ3v) is 4.05. The molecule has 8 heteroatoms. The van der Waals surface area contributed by atoms with Crippen molar-refractivity contribution in [3.8, 4) is 0 Å². The van der Waals surface area contributed by atoms with Crippen LogP contribution in [0.25, 0.3) is 11.0 Å². The van der Waals surface area contributed by atoms with Crippen LogP contribution in [-0.2, 0) is 11.3 Å². The molecule has 1 aromatic carbocycles. The molecule has 0 aliphatic carbocycles. The second-order valence-electron chi connectivity index (χ2n) is 5.78. The molecule has 3 N–H and O–H groups in total. The molecule has 3 rings (SSSR count). The average molecular weight is 367 g/mol. The van der Waals surface area contributed by atoms with E-state index in [2.05, 4.69) is 15.0 Å². The lowest BCUT2D eigenvalue weighted by molar-refractivity contribution is 0.0600. The zero-order valence-corrected chi connectivity index (χ0v) is 14.7. The topological polar surface area (TPSA) is 126 Å². The van der Waals surface area contributed by atoms with Crippen LogP contribution in [0, 0.1) is 12.3 Å². The highest BCUT2D eigenvalue weighted by molar-refractivity contribution is 6.05. The lowest BCUT2D eigenvalue weighted by atomic mass is 10.1. The number of carbonyl (C=O) groups excluding carboxylic acids is 2. The van der Waals surface area contributed by atoms with E-state index in [1.807, 2.05) is 0 Å². The monoisotopic (exact) mass is 367 g/mol. The van der Waals surface area contributed by atoms with Crippen molar-refractivity contribution >= 4 is 28.5 Å². The molecule has 138 valence electrons. The number of fused-ring (bicyclic) bond motifs is 1. The first-order valence-corrected chi connectivity index (χ1v) is 8.02. The second kappa shape index (κ2) is 7.38. The molecule has 0 aliphatic heterocycles. The minimum absolute atomic E-state index is 0.0137. The first-order valence-electron chi connectivity index (χ1n) is 8.02. The van der Waals surface area contributed by atoms with E-state index >= 15 is 0 Å². The highest BCUT2D eigenvalue weighted by Crippen LogP contribution is 2.21. The van der Waals surface area contributed by atoms with Gasteiger partial charge in [-0.15, -0.1) is 0 Å². The van der Waals surface area contributed by atoms with Crippen molar-refractivity contribution in [2.45, 2.75) is 13.5 Å². The van der Waals surface area contributed by atoms with Crippen LogP contribution >= 0.6 is 0 Å². The number of nitrogens with one attached hydrogen (secondary N) is 2. The van der Waals surface area contributed by atoms with Gasteiger partial charge in [-0.05, 0) is 37.3 Å². The van der Waals surface area contributed by atoms with Gasteiger partial charge >= 0.3 is 5.97 Å². The number of aliphatic hydroxyl groups is 1. The summed E-state index contributed by atoms with van der Waals surface area (Å²) in [4.78, 5) is 28.1. The van der Waals surface area contributed by atoms with Crippen molar-refractivity contribution in [3.05, 3.63) is 64.5 Å². The standard InChI is InChI=1S/C19H17N3O5/c1-10-16-14(12(9-23)8-21-10)7-15(17(20)27-16)18(24)22-13-5-3-11(4-6-13)19(25)26-2/h3-8,20,23H,9H2,1-2H3,(H,22,24). The molecule has 0 unspecified atom stereocenters. The number of methoxy groups -OCH3 is 1. The number of hydrogen-bond acceptors (Lipinski definition) is 7. The Kier molecular flexibility index (Phi) is 5.00. The number of rotatable bonds is 4. The Hall–Kier alpha value is -3.52. The molecule has 0 saturated heterocycles. The first kappa shape index (κ1) is 18.3. The van der Waals surface area contributed by atoms with Crippen molar-refractivity contribution in [2.75, 3.05) is 12.4 Å². The van der Waals surface area contributed by atoms with Crippen LogP contribution in [0.15, 0.2) is 40.9 Å². The normalized spacial score (nSPS) is 10.6. The van der Waals surface area contributed by atoms with Gasteiger partial charge in [-0.1, -0.05) is 0 Å². The van der Waals surface area contributed by atoms with Gasteiger partial charge in [-0.3, -0.25) is 15.2 Å². The molecular weight excluding hydrogens is 350 g/mol. The fourth-order valence-electron chi connectivity index (χ4n) is 2.60. The molecule has 0 spiro atoms. The highest BCUT2D eigenvalue weighted by atomic mass is 16.5. The first-order chi connectivity index (χ1) is 12.9. The smallest absolute Gasteiger partial charge is 0.337 e. The van der Waals surface area contributed by atoms with Gasteiger partial charge in [-0.2, -0.15) is 0 Å². The second-order valence-corrected chi connectivity index (χ2v) is 5.78. The van der Waals surface area contributed by atoms with Gasteiger partial charge in [0.15, 0.2) is 5.58 Å². The number of nitrogens with zero attached hydrogens (tertiary/aromatic N) is 1. The summed E-state index contributed by atoms with van der Waals surface area (Å²) in [7, 11) is 1.29. The van der Waals surface area contributed by atoms with Crippen molar-refractivity contribution in [2.24, 2.45) is 0 Å². The number of aryl methyl sites for hydroxylation is 1. The number of hydrogen-bond donors (Lipinski definition) is 3. The molecule has 2 heterocycles. The predicted octanol–water partition coefficient (Wildman–Crippen LogP) is 2.15. The van der Waals surface area contributed by atoms with Crippen LogP contribution in [-0.4, -0.2) is 29.1 Å². The summed E-state index contributed by atoms with van der Waals surface area (Å²) >= 11 is 0. The Morgan fingerprint density at radius 1 is 1.30 bits per heavy atom. The summed E-state index contributed by atoms with van der Waals surface area (Å²) in [6.07, 6.45) is 1.50. The molecule has 0 radical (unpaired) electrons. The van der Waals surface area contributed by atoms with Crippen LogP contribution < -0.4 is 10.9 Å². The Morgan fingerprint density at radius 3 is 2.63 bits per heavy atom. The van der Waals surface area contributed by atoms with Gasteiger partial charge in [-0.25, -0.2) is 4.79 Å². The lowest BCUT2D eigenvalue weighted by Gasteiger charge is -2.09. The number of carbonyl (C=O) groups is 2. The Balaban J connectivity index is 1.95. The van der Waals surface area contributed by atoms with E-state index in [9.17, 15) is 14.7 Å². The molecule has 0 saturated carbocycles. The van der Waals surface area contributed by atoms with E-state index in [0.717, 1.165) is 0 Å². The SMILES string of the molecule is COC(=O)c1ccc(NC(=O)c2cc3c(CO)cnc(C)c3oc2=N)cc1. The van der Waals surface area contributed by atoms with Crippen LogP contribution in [0.1, 0.15) is 32.0 Å². The molecule has 27 heavy (non-hydrogen) atoms. The lowest BCUT2D eigenvalue weighted by Crippen LogP contribution is -2.21. The third kappa shape index (κ3) is 3.56. The number of aromatic nitrogens is 1. The third-order valence-electron chi connectivity index (χ3n) is 4.05. The molecule has 0 bridgehead atoms. The van der Waals surface area contributed by atoms with E-state index in [1.54, 1.807) is 19.1 Å².